The molecule has 0 aliphatic carbocycles. The molecule has 6 nitrogen and oxygen atoms in total. The van der Waals surface area contributed by atoms with Gasteiger partial charge in [0.1, 0.15) is 12.0 Å². The maximum Gasteiger partial charge on any atom is 0.305 e. The fourth-order valence-corrected chi connectivity index (χ4v) is 2.80. The summed E-state index contributed by atoms with van der Waals surface area (Å²) in [7, 11) is 0. The Morgan fingerprint density at radius 2 is 2.12 bits per heavy atom. The van der Waals surface area contributed by atoms with Crippen LogP contribution in [0.3, 0.4) is 0 Å². The molecular formula is C18H22BrClN4O2. The Hall–Kier alpha value is -1.91. The van der Waals surface area contributed by atoms with E-state index in [2.05, 4.69) is 18.1 Å². The Bertz CT molecular complexity index is 757. The van der Waals surface area contributed by atoms with Gasteiger partial charge in [0.25, 0.3) is 6.33 Å². The van der Waals surface area contributed by atoms with E-state index in [1.807, 2.05) is 12.1 Å². The van der Waals surface area contributed by atoms with Crippen LogP contribution in [0.15, 0.2) is 36.9 Å². The van der Waals surface area contributed by atoms with E-state index in [1.165, 1.54) is 6.92 Å². The number of esters is 1. The molecule has 2 aromatic rings. The Kier molecular flexibility index (Phi) is 8.76. The maximum absolute atomic E-state index is 10.9. The van der Waals surface area contributed by atoms with Crippen LogP contribution in [0, 0.1) is 11.3 Å². The third-order valence-electron chi connectivity index (χ3n) is 4.05. The summed E-state index contributed by atoms with van der Waals surface area (Å²) in [5, 5.41) is 14.9. The topological polar surface area (TPSA) is 71.8 Å². The molecule has 1 aromatic heterocycles. The SMILES string of the molecule is CCCCC(C#N)(Cn1c[n+](COC(C)=O)cn1)c1ccc(Cl)cc1.[Br-]. The molecule has 0 bridgehead atoms. The molecule has 0 spiro atoms. The minimum atomic E-state index is -0.689. The highest BCUT2D eigenvalue weighted by molar-refractivity contribution is 6.30. The van der Waals surface area contributed by atoms with Crippen LogP contribution in [-0.2, 0) is 28.2 Å². The van der Waals surface area contributed by atoms with Crippen molar-refractivity contribution in [1.82, 2.24) is 9.78 Å². The zero-order valence-electron chi connectivity index (χ0n) is 14.9. The molecule has 0 fully saturated rings. The number of nitrogens with zero attached hydrogens (tertiary/aromatic N) is 4. The summed E-state index contributed by atoms with van der Waals surface area (Å²) in [5.41, 5.74) is 0.237. The first-order chi connectivity index (χ1) is 12.0. The quantitative estimate of drug-likeness (QED) is 0.427. The van der Waals surface area contributed by atoms with Gasteiger partial charge in [-0.2, -0.15) is 5.26 Å². The summed E-state index contributed by atoms with van der Waals surface area (Å²) in [6, 6.07) is 9.91. The van der Waals surface area contributed by atoms with Gasteiger partial charge in [0.15, 0.2) is 0 Å². The number of nitriles is 1. The van der Waals surface area contributed by atoms with E-state index in [-0.39, 0.29) is 29.7 Å². The number of ether oxygens (including phenoxy) is 1. The van der Waals surface area contributed by atoms with Crippen molar-refractivity contribution in [2.45, 2.75) is 51.8 Å². The number of hydrogen-bond donors (Lipinski definition) is 0. The van der Waals surface area contributed by atoms with Gasteiger partial charge < -0.3 is 21.7 Å². The van der Waals surface area contributed by atoms with Crippen LogP contribution in [0.25, 0.3) is 0 Å². The monoisotopic (exact) mass is 440 g/mol. The lowest BCUT2D eigenvalue weighted by molar-refractivity contribution is -0.728. The number of carbonyl (C=O) groups is 1. The zero-order valence-corrected chi connectivity index (χ0v) is 17.2. The van der Waals surface area contributed by atoms with Crippen molar-refractivity contribution in [2.75, 3.05) is 0 Å². The van der Waals surface area contributed by atoms with Crippen LogP contribution in [0.5, 0.6) is 0 Å². The molecule has 0 saturated carbocycles. The van der Waals surface area contributed by atoms with E-state index in [0.29, 0.717) is 11.6 Å². The van der Waals surface area contributed by atoms with E-state index < -0.39 is 5.41 Å². The lowest BCUT2D eigenvalue weighted by atomic mass is 9.77. The van der Waals surface area contributed by atoms with Gasteiger partial charge in [0.2, 0.25) is 13.1 Å². The number of rotatable bonds is 8. The van der Waals surface area contributed by atoms with Crippen LogP contribution >= 0.6 is 11.6 Å². The van der Waals surface area contributed by atoms with Gasteiger partial charge in [-0.15, -0.1) is 4.68 Å². The normalized spacial score (nSPS) is 12.5. The Morgan fingerprint density at radius 1 is 1.42 bits per heavy atom. The molecule has 0 radical (unpaired) electrons. The first-order valence-electron chi connectivity index (χ1n) is 8.21. The van der Waals surface area contributed by atoms with Gasteiger partial charge >= 0.3 is 5.97 Å². The molecule has 0 aliphatic heterocycles. The van der Waals surface area contributed by atoms with E-state index in [9.17, 15) is 10.1 Å². The summed E-state index contributed by atoms with van der Waals surface area (Å²) in [5.74, 6) is -0.351. The predicted molar refractivity (Wildman–Crippen MR) is 92.5 cm³/mol. The first-order valence-corrected chi connectivity index (χ1v) is 8.59. The molecule has 0 saturated heterocycles. The minimum absolute atomic E-state index is 0. The van der Waals surface area contributed by atoms with E-state index >= 15 is 0 Å². The molecular weight excluding hydrogens is 420 g/mol. The summed E-state index contributed by atoms with van der Waals surface area (Å²) in [4.78, 5) is 10.9. The van der Waals surface area contributed by atoms with E-state index in [1.54, 1.807) is 34.0 Å². The Morgan fingerprint density at radius 3 is 2.69 bits per heavy atom. The van der Waals surface area contributed by atoms with Crippen molar-refractivity contribution >= 4 is 17.6 Å². The highest BCUT2D eigenvalue weighted by Gasteiger charge is 2.35. The van der Waals surface area contributed by atoms with Crippen LogP contribution < -0.4 is 21.5 Å². The molecule has 1 heterocycles. The third kappa shape index (κ3) is 5.82. The van der Waals surface area contributed by atoms with E-state index in [0.717, 1.165) is 24.8 Å². The average molecular weight is 442 g/mol. The van der Waals surface area contributed by atoms with Crippen molar-refractivity contribution in [3.05, 3.63) is 47.5 Å². The highest BCUT2D eigenvalue weighted by atomic mass is 79.9. The smallest absolute Gasteiger partial charge is 0.305 e. The average Bonchev–Trinajstić information content (AvgIpc) is 3.05. The Labute approximate surface area is 169 Å². The van der Waals surface area contributed by atoms with Gasteiger partial charge in [-0.1, -0.05) is 43.5 Å². The molecule has 1 aromatic carbocycles. The molecule has 140 valence electrons. The maximum atomic E-state index is 10.9. The van der Waals surface area contributed by atoms with Gasteiger partial charge in [0, 0.05) is 17.0 Å². The summed E-state index contributed by atoms with van der Waals surface area (Å²) < 4.78 is 8.31. The second-order valence-electron chi connectivity index (χ2n) is 6.03. The molecule has 1 atom stereocenters. The second kappa shape index (κ2) is 10.3. The number of benzene rings is 1. The van der Waals surface area contributed by atoms with Gasteiger partial charge in [-0.05, 0) is 24.1 Å². The van der Waals surface area contributed by atoms with Gasteiger partial charge in [0.05, 0.1) is 6.07 Å². The number of unbranched alkanes of at least 4 members (excludes halogenated alkanes) is 1. The minimum Gasteiger partial charge on any atom is -1.00 e. The lowest BCUT2D eigenvalue weighted by Crippen LogP contribution is -3.00. The lowest BCUT2D eigenvalue weighted by Gasteiger charge is -2.24. The fraction of sp³-hybridized carbons (Fsp3) is 0.444. The largest absolute Gasteiger partial charge is 1.00 e. The molecule has 2 rings (SSSR count). The number of carbonyl (C=O) groups excluding carboxylic acids is 1. The third-order valence-corrected chi connectivity index (χ3v) is 4.30. The summed E-state index contributed by atoms with van der Waals surface area (Å²) in [6.07, 6.45) is 5.97. The van der Waals surface area contributed by atoms with Crippen LogP contribution in [-0.4, -0.2) is 15.7 Å². The first kappa shape index (κ1) is 22.1. The fourth-order valence-electron chi connectivity index (χ4n) is 2.67. The van der Waals surface area contributed by atoms with Gasteiger partial charge in [-0.3, -0.25) is 4.79 Å². The van der Waals surface area contributed by atoms with Crippen molar-refractivity contribution < 1.29 is 31.1 Å². The van der Waals surface area contributed by atoms with Crippen molar-refractivity contribution in [3.8, 4) is 6.07 Å². The van der Waals surface area contributed by atoms with Crippen molar-refractivity contribution in [1.29, 1.82) is 5.26 Å². The van der Waals surface area contributed by atoms with Crippen LogP contribution in [0.2, 0.25) is 5.02 Å². The Balaban J connectivity index is 0.00000338. The highest BCUT2D eigenvalue weighted by Crippen LogP contribution is 2.32. The standard InChI is InChI=1S/C18H22ClN4O2.BrH/c1-3-4-9-18(10-20,16-5-7-17(19)8-6-16)11-23-13-22(12-21-23)14-25-15(2)24;/h5-8,12-13H,3-4,9,11,14H2,1-2H3;1H/q+1;/p-1. The predicted octanol–water partition coefficient (Wildman–Crippen LogP) is 0.000380. The molecule has 8 heteroatoms. The molecule has 1 unspecified atom stereocenters. The number of hydrogen-bond acceptors (Lipinski definition) is 4. The molecule has 0 amide bonds. The second-order valence-corrected chi connectivity index (χ2v) is 6.46. The zero-order chi connectivity index (χ0) is 18.3. The molecule has 0 N–H and O–H groups in total. The number of halogens is 2. The van der Waals surface area contributed by atoms with E-state index in [4.69, 9.17) is 16.3 Å². The van der Waals surface area contributed by atoms with Gasteiger partial charge in [-0.25, -0.2) is 4.57 Å². The summed E-state index contributed by atoms with van der Waals surface area (Å²) >= 11 is 5.99. The van der Waals surface area contributed by atoms with Crippen LogP contribution in [0.4, 0.5) is 0 Å². The molecule has 26 heavy (non-hydrogen) atoms. The van der Waals surface area contributed by atoms with Crippen LogP contribution in [0.1, 0.15) is 38.7 Å². The summed E-state index contributed by atoms with van der Waals surface area (Å²) in [6.45, 7) is 3.98. The number of aromatic nitrogens is 3. The van der Waals surface area contributed by atoms with Crippen molar-refractivity contribution in [3.63, 3.8) is 0 Å². The van der Waals surface area contributed by atoms with Crippen molar-refractivity contribution in [2.24, 2.45) is 0 Å². The molecule has 0 aliphatic rings.